The van der Waals surface area contributed by atoms with Crippen molar-refractivity contribution in [3.8, 4) is 0 Å². The van der Waals surface area contributed by atoms with E-state index in [-0.39, 0.29) is 24.3 Å². The molecule has 0 fully saturated rings. The zero-order chi connectivity index (χ0) is 16.0. The number of hydrogen-bond donors (Lipinski definition) is 1. The van der Waals surface area contributed by atoms with Crippen LogP contribution in [-0.2, 0) is 9.59 Å². The molecule has 1 N–H and O–H groups in total. The number of carbonyl (C=O) groups excluding carboxylic acids is 2. The van der Waals surface area contributed by atoms with Gasteiger partial charge in [-0.15, -0.1) is 0 Å². The molecule has 1 atom stereocenters. The first-order valence-corrected chi connectivity index (χ1v) is 7.56. The third-order valence-corrected chi connectivity index (χ3v) is 3.84. The van der Waals surface area contributed by atoms with Gasteiger partial charge in [0.2, 0.25) is 11.8 Å². The molecule has 0 aromatic heterocycles. The number of benzene rings is 1. The average molecular weight is 311 g/mol. The Hall–Kier alpha value is -1.55. The molecular formula is C16H23ClN2O2. The third kappa shape index (κ3) is 5.38. The zero-order valence-electron chi connectivity index (χ0n) is 13.1. The Bertz CT molecular complexity index is 517. The molecule has 0 bridgehead atoms. The number of hydrogen-bond acceptors (Lipinski definition) is 2. The van der Waals surface area contributed by atoms with E-state index in [1.165, 1.54) is 6.92 Å². The van der Waals surface area contributed by atoms with Gasteiger partial charge in [-0.2, -0.15) is 0 Å². The molecule has 1 aromatic carbocycles. The molecule has 2 amide bonds. The van der Waals surface area contributed by atoms with Crippen LogP contribution in [0.15, 0.2) is 18.2 Å². The summed E-state index contributed by atoms with van der Waals surface area (Å²) in [4.78, 5) is 25.2. The van der Waals surface area contributed by atoms with Crippen LogP contribution in [-0.4, -0.2) is 24.4 Å². The number of carbonyl (C=O) groups is 2. The molecule has 5 heteroatoms. The second kappa shape index (κ2) is 8.03. The predicted molar refractivity (Wildman–Crippen MR) is 86.7 cm³/mol. The highest BCUT2D eigenvalue weighted by molar-refractivity contribution is 6.31. The monoisotopic (exact) mass is 310 g/mol. The van der Waals surface area contributed by atoms with Crippen molar-refractivity contribution in [3.63, 3.8) is 0 Å². The molecule has 116 valence electrons. The van der Waals surface area contributed by atoms with Gasteiger partial charge >= 0.3 is 0 Å². The Morgan fingerprint density at radius 1 is 1.38 bits per heavy atom. The van der Waals surface area contributed by atoms with Crippen LogP contribution in [0, 0.1) is 6.92 Å². The van der Waals surface area contributed by atoms with E-state index in [1.807, 2.05) is 32.9 Å². The van der Waals surface area contributed by atoms with E-state index in [1.54, 1.807) is 11.0 Å². The van der Waals surface area contributed by atoms with Crippen LogP contribution >= 0.6 is 11.6 Å². The van der Waals surface area contributed by atoms with Gasteiger partial charge in [-0.3, -0.25) is 9.59 Å². The summed E-state index contributed by atoms with van der Waals surface area (Å²) in [5.41, 5.74) is 1.67. The van der Waals surface area contributed by atoms with Gasteiger partial charge in [-0.25, -0.2) is 0 Å². The number of aryl methyl sites for hydroxylation is 1. The van der Waals surface area contributed by atoms with Gasteiger partial charge in [0, 0.05) is 36.6 Å². The molecule has 0 heterocycles. The number of nitrogens with one attached hydrogen (secondary N) is 1. The standard InChI is InChI=1S/C16H23ClN2O2/c1-5-12(3)18-16(21)8-9-19(13(4)20)14-7-6-11(2)15(17)10-14/h6-7,10,12H,5,8-9H2,1-4H3,(H,18,21). The Labute approximate surface area is 131 Å². The lowest BCUT2D eigenvalue weighted by atomic mass is 10.2. The molecule has 0 aliphatic carbocycles. The molecular weight excluding hydrogens is 288 g/mol. The van der Waals surface area contributed by atoms with Crippen molar-refractivity contribution in [1.82, 2.24) is 5.32 Å². The minimum absolute atomic E-state index is 0.0474. The lowest BCUT2D eigenvalue weighted by Gasteiger charge is -2.22. The second-order valence-corrected chi connectivity index (χ2v) is 5.64. The fourth-order valence-corrected chi connectivity index (χ4v) is 2.06. The minimum Gasteiger partial charge on any atom is -0.354 e. The minimum atomic E-state index is -0.105. The average Bonchev–Trinajstić information content (AvgIpc) is 2.42. The van der Waals surface area contributed by atoms with Crippen molar-refractivity contribution < 1.29 is 9.59 Å². The van der Waals surface area contributed by atoms with Crippen molar-refractivity contribution in [1.29, 1.82) is 0 Å². The van der Waals surface area contributed by atoms with Crippen LogP contribution in [0.2, 0.25) is 5.02 Å². The van der Waals surface area contributed by atoms with Crippen molar-refractivity contribution in [3.05, 3.63) is 28.8 Å². The van der Waals surface area contributed by atoms with Gasteiger partial charge < -0.3 is 10.2 Å². The van der Waals surface area contributed by atoms with E-state index >= 15 is 0 Å². The fraction of sp³-hybridized carbons (Fsp3) is 0.500. The molecule has 0 aliphatic heterocycles. The van der Waals surface area contributed by atoms with Crippen LogP contribution in [0.1, 0.15) is 39.2 Å². The van der Waals surface area contributed by atoms with Crippen LogP contribution in [0.3, 0.4) is 0 Å². The van der Waals surface area contributed by atoms with E-state index in [0.29, 0.717) is 11.6 Å². The van der Waals surface area contributed by atoms with E-state index in [4.69, 9.17) is 11.6 Å². The fourth-order valence-electron chi connectivity index (χ4n) is 1.88. The smallest absolute Gasteiger partial charge is 0.223 e. The van der Waals surface area contributed by atoms with Gasteiger partial charge in [-0.1, -0.05) is 24.6 Å². The SMILES string of the molecule is CCC(C)NC(=O)CCN(C(C)=O)c1ccc(C)c(Cl)c1. The molecule has 0 radical (unpaired) electrons. The van der Waals surface area contributed by atoms with Gasteiger partial charge in [0.05, 0.1) is 0 Å². The molecule has 0 saturated heterocycles. The summed E-state index contributed by atoms with van der Waals surface area (Å²) in [5.74, 6) is -0.153. The van der Waals surface area contributed by atoms with Gasteiger partial charge in [0.25, 0.3) is 0 Å². The third-order valence-electron chi connectivity index (χ3n) is 3.43. The zero-order valence-corrected chi connectivity index (χ0v) is 13.8. The van der Waals surface area contributed by atoms with Crippen LogP contribution < -0.4 is 10.2 Å². The Morgan fingerprint density at radius 2 is 2.05 bits per heavy atom. The molecule has 4 nitrogen and oxygen atoms in total. The van der Waals surface area contributed by atoms with Crippen molar-refractivity contribution in [2.45, 2.75) is 46.6 Å². The maximum Gasteiger partial charge on any atom is 0.223 e. The van der Waals surface area contributed by atoms with Crippen LogP contribution in [0.25, 0.3) is 0 Å². The first-order valence-electron chi connectivity index (χ1n) is 7.18. The molecule has 21 heavy (non-hydrogen) atoms. The quantitative estimate of drug-likeness (QED) is 0.876. The highest BCUT2D eigenvalue weighted by atomic mass is 35.5. The number of halogens is 1. The van der Waals surface area contributed by atoms with Crippen LogP contribution in [0.5, 0.6) is 0 Å². The van der Waals surface area contributed by atoms with E-state index in [0.717, 1.165) is 17.7 Å². The summed E-state index contributed by atoms with van der Waals surface area (Å²) < 4.78 is 0. The summed E-state index contributed by atoms with van der Waals surface area (Å²) in [6, 6.07) is 5.62. The van der Waals surface area contributed by atoms with Crippen LogP contribution in [0.4, 0.5) is 5.69 Å². The second-order valence-electron chi connectivity index (χ2n) is 5.23. The Morgan fingerprint density at radius 3 is 2.57 bits per heavy atom. The van der Waals surface area contributed by atoms with E-state index < -0.39 is 0 Å². The summed E-state index contributed by atoms with van der Waals surface area (Å²) in [6.07, 6.45) is 1.16. The lowest BCUT2D eigenvalue weighted by molar-refractivity contribution is -0.121. The lowest BCUT2D eigenvalue weighted by Crippen LogP contribution is -2.36. The van der Waals surface area contributed by atoms with Crippen molar-refractivity contribution in [2.75, 3.05) is 11.4 Å². The predicted octanol–water partition coefficient (Wildman–Crippen LogP) is 3.31. The molecule has 0 saturated carbocycles. The first kappa shape index (κ1) is 17.5. The molecule has 0 spiro atoms. The number of amides is 2. The van der Waals surface area contributed by atoms with Gasteiger partial charge in [0.1, 0.15) is 0 Å². The molecule has 1 aromatic rings. The molecule has 1 unspecified atom stereocenters. The van der Waals surface area contributed by atoms with Gasteiger partial charge in [-0.05, 0) is 38.0 Å². The Balaban J connectivity index is 2.72. The topological polar surface area (TPSA) is 49.4 Å². The van der Waals surface area contributed by atoms with E-state index in [9.17, 15) is 9.59 Å². The Kier molecular flexibility index (Phi) is 6.69. The normalized spacial score (nSPS) is 11.9. The molecule has 1 rings (SSSR count). The van der Waals surface area contributed by atoms with Gasteiger partial charge in [0.15, 0.2) is 0 Å². The molecule has 0 aliphatic rings. The first-order chi connectivity index (χ1) is 9.85. The highest BCUT2D eigenvalue weighted by Gasteiger charge is 2.15. The van der Waals surface area contributed by atoms with E-state index in [2.05, 4.69) is 5.32 Å². The summed E-state index contributed by atoms with van der Waals surface area (Å²) in [7, 11) is 0. The summed E-state index contributed by atoms with van der Waals surface area (Å²) in [6.45, 7) is 7.71. The highest BCUT2D eigenvalue weighted by Crippen LogP contribution is 2.23. The largest absolute Gasteiger partial charge is 0.354 e. The number of rotatable bonds is 6. The summed E-state index contributed by atoms with van der Waals surface area (Å²) >= 11 is 6.10. The maximum absolute atomic E-state index is 11.8. The van der Waals surface area contributed by atoms with Crippen molar-refractivity contribution in [2.24, 2.45) is 0 Å². The summed E-state index contributed by atoms with van der Waals surface area (Å²) in [5, 5.41) is 3.51. The number of nitrogens with zero attached hydrogens (tertiary/aromatic N) is 1. The number of anilines is 1. The maximum atomic E-state index is 11.8. The van der Waals surface area contributed by atoms with Crippen molar-refractivity contribution >= 4 is 29.1 Å².